The minimum atomic E-state index is -3.64. The van der Waals surface area contributed by atoms with Crippen LogP contribution in [0.2, 0.25) is 0 Å². The maximum atomic E-state index is 12.4. The van der Waals surface area contributed by atoms with Crippen LogP contribution in [0.3, 0.4) is 0 Å². The molecule has 0 bridgehead atoms. The van der Waals surface area contributed by atoms with E-state index in [9.17, 15) is 8.42 Å². The van der Waals surface area contributed by atoms with Crippen molar-refractivity contribution in [2.24, 2.45) is 5.92 Å². The Morgan fingerprint density at radius 3 is 2.75 bits per heavy atom. The monoisotopic (exact) mass is 401 g/mol. The molecule has 4 N–H and O–H groups in total. The summed E-state index contributed by atoms with van der Waals surface area (Å²) < 4.78 is 32.5. The molecule has 0 atom stereocenters. The lowest BCUT2D eigenvalue weighted by molar-refractivity contribution is 0.485. The van der Waals surface area contributed by atoms with E-state index in [1.54, 1.807) is 12.3 Å². The summed E-state index contributed by atoms with van der Waals surface area (Å²) in [6.45, 7) is 2.79. The van der Waals surface area contributed by atoms with Gasteiger partial charge in [0, 0.05) is 36.3 Å². The number of aryl methyl sites for hydroxylation is 1. The molecule has 0 aliphatic heterocycles. The van der Waals surface area contributed by atoms with E-state index in [2.05, 4.69) is 9.97 Å². The van der Waals surface area contributed by atoms with Gasteiger partial charge in [-0.3, -0.25) is 0 Å². The summed E-state index contributed by atoms with van der Waals surface area (Å²) in [5, 5.41) is 0.770. The molecule has 0 amide bonds. The highest BCUT2D eigenvalue weighted by Gasteiger charge is 2.29. The molecule has 1 aliphatic rings. The summed E-state index contributed by atoms with van der Waals surface area (Å²) in [7, 11) is -3.64. The number of hydrogen-bond donors (Lipinski definition) is 2. The number of nitrogens with two attached hydrogens (primary N) is 2. The van der Waals surface area contributed by atoms with Gasteiger partial charge in [0.2, 0.25) is 5.95 Å². The Hall–Kier alpha value is -2.81. The van der Waals surface area contributed by atoms with Crippen LogP contribution in [0, 0.1) is 5.92 Å². The van der Waals surface area contributed by atoms with Crippen molar-refractivity contribution in [3.8, 4) is 5.75 Å². The summed E-state index contributed by atoms with van der Waals surface area (Å²) in [6, 6.07) is 5.64. The average Bonchev–Trinajstić information content (AvgIpc) is 3.32. The van der Waals surface area contributed by atoms with Crippen LogP contribution in [0.15, 0.2) is 30.6 Å². The quantitative estimate of drug-likeness (QED) is 0.582. The molecule has 4 rings (SSSR count). The molecule has 0 unspecified atom stereocenters. The van der Waals surface area contributed by atoms with Gasteiger partial charge in [0.25, 0.3) is 0 Å². The van der Waals surface area contributed by atoms with Gasteiger partial charge in [-0.05, 0) is 49.4 Å². The van der Waals surface area contributed by atoms with Crippen molar-refractivity contribution in [1.82, 2.24) is 14.5 Å². The van der Waals surface area contributed by atoms with Crippen LogP contribution < -0.4 is 15.7 Å². The molecular weight excluding hydrogens is 378 g/mol. The predicted molar refractivity (Wildman–Crippen MR) is 108 cm³/mol. The van der Waals surface area contributed by atoms with Crippen LogP contribution in [0.4, 0.5) is 11.8 Å². The highest BCUT2D eigenvalue weighted by Crippen LogP contribution is 2.34. The van der Waals surface area contributed by atoms with Gasteiger partial charge < -0.3 is 20.2 Å². The summed E-state index contributed by atoms with van der Waals surface area (Å²) >= 11 is 0. The molecule has 0 radical (unpaired) electrons. The SMILES string of the molecule is CCn1ccc2c(OS(=O)(=O)CC3CC3)cc(Cc3cnc(N)nc3N)cc21. The first-order valence-corrected chi connectivity index (χ1v) is 10.8. The van der Waals surface area contributed by atoms with Crippen molar-refractivity contribution in [3.05, 3.63) is 41.7 Å². The zero-order chi connectivity index (χ0) is 19.9. The highest BCUT2D eigenvalue weighted by molar-refractivity contribution is 7.87. The van der Waals surface area contributed by atoms with Crippen LogP contribution in [0.25, 0.3) is 10.9 Å². The van der Waals surface area contributed by atoms with Gasteiger partial charge in [-0.2, -0.15) is 13.4 Å². The number of hydrogen-bond acceptors (Lipinski definition) is 7. The van der Waals surface area contributed by atoms with E-state index in [0.29, 0.717) is 18.0 Å². The van der Waals surface area contributed by atoms with Crippen molar-refractivity contribution in [2.75, 3.05) is 17.2 Å². The van der Waals surface area contributed by atoms with E-state index in [4.69, 9.17) is 15.7 Å². The second-order valence-electron chi connectivity index (χ2n) is 7.20. The van der Waals surface area contributed by atoms with Crippen molar-refractivity contribution >= 4 is 32.8 Å². The Kier molecular flexibility index (Phi) is 4.62. The molecule has 3 aromatic rings. The Morgan fingerprint density at radius 1 is 1.29 bits per heavy atom. The minimum absolute atomic E-state index is 0.0615. The first kappa shape index (κ1) is 18.5. The molecule has 1 aromatic carbocycles. The maximum absolute atomic E-state index is 12.4. The van der Waals surface area contributed by atoms with Crippen molar-refractivity contribution in [3.63, 3.8) is 0 Å². The first-order chi connectivity index (χ1) is 13.3. The molecule has 2 heterocycles. The summed E-state index contributed by atoms with van der Waals surface area (Å²) in [4.78, 5) is 7.99. The molecule has 0 spiro atoms. The smallest absolute Gasteiger partial charge is 0.309 e. The number of anilines is 2. The largest absolute Gasteiger partial charge is 0.383 e. The summed E-state index contributed by atoms with van der Waals surface area (Å²) in [5.74, 6) is 1.05. The lowest BCUT2D eigenvalue weighted by Crippen LogP contribution is -2.15. The number of nitrogens with zero attached hydrogens (tertiary/aromatic N) is 3. The standard InChI is InChI=1S/C19H23N5O3S/c1-2-24-6-5-15-16(24)8-13(7-14-10-22-19(21)23-18(14)20)9-17(15)27-28(25,26)11-12-3-4-12/h5-6,8-10,12H,2-4,7,11H2,1H3,(H4,20,21,22,23). The average molecular weight is 401 g/mol. The molecule has 2 aromatic heterocycles. The van der Waals surface area contributed by atoms with E-state index in [-0.39, 0.29) is 17.6 Å². The fraction of sp³-hybridized carbons (Fsp3) is 0.368. The first-order valence-electron chi connectivity index (χ1n) is 9.25. The van der Waals surface area contributed by atoms with Gasteiger partial charge in [-0.15, -0.1) is 0 Å². The van der Waals surface area contributed by atoms with Gasteiger partial charge in [0.15, 0.2) is 5.75 Å². The number of rotatable bonds is 7. The van der Waals surface area contributed by atoms with E-state index >= 15 is 0 Å². The summed E-state index contributed by atoms with van der Waals surface area (Å²) in [6.07, 6.45) is 5.85. The Morgan fingerprint density at radius 2 is 2.07 bits per heavy atom. The second kappa shape index (κ2) is 6.97. The molecule has 1 saturated carbocycles. The van der Waals surface area contributed by atoms with Crippen LogP contribution in [0.5, 0.6) is 5.75 Å². The maximum Gasteiger partial charge on any atom is 0.309 e. The van der Waals surface area contributed by atoms with Crippen LogP contribution in [-0.4, -0.2) is 28.7 Å². The van der Waals surface area contributed by atoms with Crippen LogP contribution >= 0.6 is 0 Å². The third-order valence-electron chi connectivity index (χ3n) is 4.92. The number of nitrogen functional groups attached to an aromatic ring is 2. The van der Waals surface area contributed by atoms with Gasteiger partial charge in [0.05, 0.1) is 11.3 Å². The minimum Gasteiger partial charge on any atom is -0.383 e. The third-order valence-corrected chi connectivity index (χ3v) is 6.23. The molecule has 0 saturated heterocycles. The Bertz CT molecular complexity index is 1140. The van der Waals surface area contributed by atoms with Gasteiger partial charge in [-0.1, -0.05) is 0 Å². The van der Waals surface area contributed by atoms with E-state index in [0.717, 1.165) is 41.4 Å². The normalized spacial score (nSPS) is 14.5. The van der Waals surface area contributed by atoms with E-state index in [1.807, 2.05) is 29.8 Å². The Labute approximate surface area is 163 Å². The van der Waals surface area contributed by atoms with Crippen molar-refractivity contribution in [2.45, 2.75) is 32.7 Å². The molecule has 8 nitrogen and oxygen atoms in total. The zero-order valence-electron chi connectivity index (χ0n) is 15.6. The molecule has 148 valence electrons. The summed E-state index contributed by atoms with van der Waals surface area (Å²) in [5.41, 5.74) is 14.0. The molecule has 28 heavy (non-hydrogen) atoms. The van der Waals surface area contributed by atoms with Crippen molar-refractivity contribution in [1.29, 1.82) is 0 Å². The van der Waals surface area contributed by atoms with Gasteiger partial charge >= 0.3 is 10.1 Å². The third kappa shape index (κ3) is 3.89. The number of aromatic nitrogens is 3. The van der Waals surface area contributed by atoms with Crippen molar-refractivity contribution < 1.29 is 12.6 Å². The van der Waals surface area contributed by atoms with E-state index < -0.39 is 10.1 Å². The second-order valence-corrected chi connectivity index (χ2v) is 8.81. The molecular formula is C19H23N5O3S. The highest BCUT2D eigenvalue weighted by atomic mass is 32.2. The van der Waals surface area contributed by atoms with Crippen LogP contribution in [0.1, 0.15) is 30.9 Å². The fourth-order valence-corrected chi connectivity index (χ4v) is 4.69. The molecule has 1 aliphatic carbocycles. The fourth-order valence-electron chi connectivity index (χ4n) is 3.30. The Balaban J connectivity index is 1.74. The number of benzene rings is 1. The molecule has 9 heteroatoms. The zero-order valence-corrected chi connectivity index (χ0v) is 16.4. The topological polar surface area (TPSA) is 126 Å². The van der Waals surface area contributed by atoms with Crippen LogP contribution in [-0.2, 0) is 23.1 Å². The van der Waals surface area contributed by atoms with Gasteiger partial charge in [-0.25, -0.2) is 4.98 Å². The predicted octanol–water partition coefficient (Wildman–Crippen LogP) is 2.32. The van der Waals surface area contributed by atoms with E-state index in [1.165, 1.54) is 0 Å². The lowest BCUT2D eigenvalue weighted by Gasteiger charge is -2.12. The van der Waals surface area contributed by atoms with Gasteiger partial charge in [0.1, 0.15) is 5.82 Å². The number of fused-ring (bicyclic) bond motifs is 1. The lowest BCUT2D eigenvalue weighted by atomic mass is 10.0. The molecule has 1 fully saturated rings.